The van der Waals surface area contributed by atoms with Gasteiger partial charge in [0.2, 0.25) is 0 Å². The lowest BCUT2D eigenvalue weighted by atomic mass is 10.1. The summed E-state index contributed by atoms with van der Waals surface area (Å²) < 4.78 is 5.91. The molecule has 3 rings (SSSR count). The van der Waals surface area contributed by atoms with Crippen molar-refractivity contribution in [1.82, 2.24) is 4.90 Å². The molecule has 1 saturated heterocycles. The quantitative estimate of drug-likeness (QED) is 0.749. The topological polar surface area (TPSA) is 32.8 Å². The summed E-state index contributed by atoms with van der Waals surface area (Å²) in [6.07, 6.45) is 0. The number of carbonyl (C=O) groups excluding carboxylic acids is 1. The first kappa shape index (κ1) is 17.0. The van der Waals surface area contributed by atoms with Crippen molar-refractivity contribution < 1.29 is 9.53 Å². The van der Waals surface area contributed by atoms with E-state index in [2.05, 4.69) is 43.9 Å². The molecule has 1 aliphatic rings. The summed E-state index contributed by atoms with van der Waals surface area (Å²) in [7, 11) is 1.40. The van der Waals surface area contributed by atoms with Crippen molar-refractivity contribution in [3.05, 3.63) is 64.1 Å². The summed E-state index contributed by atoms with van der Waals surface area (Å²) in [6, 6.07) is 16.0. The number of esters is 1. The highest BCUT2D eigenvalue weighted by Crippen LogP contribution is 2.21. The van der Waals surface area contributed by atoms with Gasteiger partial charge in [-0.25, -0.2) is 4.79 Å². The largest absolute Gasteiger partial charge is 0.465 e. The molecule has 0 aliphatic carbocycles. The number of benzene rings is 2. The van der Waals surface area contributed by atoms with Crippen molar-refractivity contribution in [1.29, 1.82) is 0 Å². The van der Waals surface area contributed by atoms with Crippen molar-refractivity contribution in [2.24, 2.45) is 0 Å². The Morgan fingerprint density at radius 1 is 1.04 bits per heavy atom. The number of ether oxygens (including phenoxy) is 1. The number of piperazine rings is 1. The van der Waals surface area contributed by atoms with Crippen LogP contribution in [-0.2, 0) is 11.3 Å². The highest BCUT2D eigenvalue weighted by atomic mass is 79.9. The van der Waals surface area contributed by atoms with Crippen LogP contribution in [0, 0.1) is 0 Å². The Labute approximate surface area is 151 Å². The van der Waals surface area contributed by atoms with E-state index in [-0.39, 0.29) is 5.97 Å². The van der Waals surface area contributed by atoms with E-state index in [1.807, 2.05) is 30.3 Å². The summed E-state index contributed by atoms with van der Waals surface area (Å²) in [6.45, 7) is 5.00. The van der Waals surface area contributed by atoms with Crippen LogP contribution >= 0.6 is 15.9 Å². The Morgan fingerprint density at radius 3 is 2.33 bits per heavy atom. The number of rotatable bonds is 4. The lowest BCUT2D eigenvalue weighted by molar-refractivity contribution is 0.0601. The summed E-state index contributed by atoms with van der Waals surface area (Å²) in [5, 5.41) is 0. The third kappa shape index (κ3) is 3.97. The number of halogens is 1. The first-order valence-electron chi connectivity index (χ1n) is 8.06. The molecule has 2 aromatic rings. The van der Waals surface area contributed by atoms with E-state index in [9.17, 15) is 4.79 Å². The zero-order valence-electron chi connectivity index (χ0n) is 13.7. The average Bonchev–Trinajstić information content (AvgIpc) is 2.64. The number of nitrogens with zero attached hydrogens (tertiary/aromatic N) is 2. The van der Waals surface area contributed by atoms with Crippen molar-refractivity contribution in [2.45, 2.75) is 6.54 Å². The fourth-order valence-corrected chi connectivity index (χ4v) is 3.37. The van der Waals surface area contributed by atoms with Crippen LogP contribution in [0.4, 0.5) is 5.69 Å². The van der Waals surface area contributed by atoms with Crippen molar-refractivity contribution in [2.75, 3.05) is 38.2 Å². The molecule has 2 aromatic carbocycles. The van der Waals surface area contributed by atoms with E-state index in [1.54, 1.807) is 0 Å². The normalized spacial score (nSPS) is 15.3. The van der Waals surface area contributed by atoms with Crippen LogP contribution in [0.3, 0.4) is 0 Å². The molecular formula is C19H21BrN2O2. The molecule has 126 valence electrons. The molecular weight excluding hydrogens is 368 g/mol. The molecule has 24 heavy (non-hydrogen) atoms. The average molecular weight is 389 g/mol. The summed E-state index contributed by atoms with van der Waals surface area (Å²) in [5.41, 5.74) is 3.07. The molecule has 0 amide bonds. The molecule has 4 nitrogen and oxygen atoms in total. The van der Waals surface area contributed by atoms with Crippen LogP contribution in [-0.4, -0.2) is 44.2 Å². The maximum absolute atomic E-state index is 11.5. The smallest absolute Gasteiger partial charge is 0.337 e. The summed E-state index contributed by atoms with van der Waals surface area (Å²) in [5.74, 6) is -0.292. The lowest BCUT2D eigenvalue weighted by Gasteiger charge is -2.36. The number of methoxy groups -OCH3 is 1. The molecule has 0 spiro atoms. The molecule has 0 aromatic heterocycles. The second-order valence-electron chi connectivity index (χ2n) is 5.89. The number of anilines is 1. The monoisotopic (exact) mass is 388 g/mol. The minimum absolute atomic E-state index is 0.292. The lowest BCUT2D eigenvalue weighted by Crippen LogP contribution is -2.46. The van der Waals surface area contributed by atoms with Gasteiger partial charge in [-0.05, 0) is 35.9 Å². The van der Waals surface area contributed by atoms with Gasteiger partial charge in [-0.15, -0.1) is 0 Å². The van der Waals surface area contributed by atoms with Gasteiger partial charge in [-0.1, -0.05) is 34.1 Å². The molecule has 1 aliphatic heterocycles. The first-order valence-corrected chi connectivity index (χ1v) is 8.86. The summed E-state index contributed by atoms with van der Waals surface area (Å²) >= 11 is 3.62. The van der Waals surface area contributed by atoms with Crippen LogP contribution in [0.1, 0.15) is 15.9 Å². The van der Waals surface area contributed by atoms with E-state index >= 15 is 0 Å². The van der Waals surface area contributed by atoms with E-state index in [0.717, 1.165) is 38.4 Å². The molecule has 1 fully saturated rings. The van der Waals surface area contributed by atoms with Gasteiger partial charge in [0, 0.05) is 42.9 Å². The van der Waals surface area contributed by atoms with Gasteiger partial charge in [0.15, 0.2) is 0 Å². The van der Waals surface area contributed by atoms with Crippen LogP contribution < -0.4 is 4.90 Å². The number of carbonyl (C=O) groups is 1. The van der Waals surface area contributed by atoms with E-state index in [1.165, 1.54) is 17.1 Å². The Kier molecular flexibility index (Phi) is 5.53. The van der Waals surface area contributed by atoms with Gasteiger partial charge in [0.1, 0.15) is 0 Å². The maximum atomic E-state index is 11.5. The van der Waals surface area contributed by atoms with E-state index < -0.39 is 0 Å². The second-order valence-corrected chi connectivity index (χ2v) is 6.75. The number of hydrogen-bond acceptors (Lipinski definition) is 4. The highest BCUT2D eigenvalue weighted by Gasteiger charge is 2.18. The molecule has 0 saturated carbocycles. The fourth-order valence-electron chi connectivity index (χ4n) is 2.96. The molecule has 0 N–H and O–H groups in total. The van der Waals surface area contributed by atoms with Gasteiger partial charge in [-0.2, -0.15) is 0 Å². The predicted molar refractivity (Wildman–Crippen MR) is 99.4 cm³/mol. The molecule has 0 unspecified atom stereocenters. The predicted octanol–water partition coefficient (Wildman–Crippen LogP) is 3.56. The molecule has 0 radical (unpaired) electrons. The van der Waals surface area contributed by atoms with Crippen molar-refractivity contribution in [3.63, 3.8) is 0 Å². The molecule has 5 heteroatoms. The third-order valence-corrected chi connectivity index (χ3v) is 5.15. The van der Waals surface area contributed by atoms with Gasteiger partial charge >= 0.3 is 5.97 Å². The van der Waals surface area contributed by atoms with Crippen LogP contribution in [0.5, 0.6) is 0 Å². The fraction of sp³-hybridized carbons (Fsp3) is 0.316. The van der Waals surface area contributed by atoms with Gasteiger partial charge in [-0.3, -0.25) is 4.90 Å². The molecule has 0 atom stereocenters. The summed E-state index contributed by atoms with van der Waals surface area (Å²) in [4.78, 5) is 16.3. The minimum Gasteiger partial charge on any atom is -0.465 e. The SMILES string of the molecule is COC(=O)c1ccc(N2CCN(Cc3ccccc3Br)CC2)cc1. The Hall–Kier alpha value is -1.85. The van der Waals surface area contributed by atoms with Gasteiger partial charge in [0.25, 0.3) is 0 Å². The second kappa shape index (κ2) is 7.81. The van der Waals surface area contributed by atoms with Gasteiger partial charge in [0.05, 0.1) is 12.7 Å². The Morgan fingerprint density at radius 2 is 1.71 bits per heavy atom. The zero-order valence-corrected chi connectivity index (χ0v) is 15.3. The highest BCUT2D eigenvalue weighted by molar-refractivity contribution is 9.10. The van der Waals surface area contributed by atoms with E-state index in [4.69, 9.17) is 4.74 Å². The van der Waals surface area contributed by atoms with E-state index in [0.29, 0.717) is 5.56 Å². The minimum atomic E-state index is -0.292. The Balaban J connectivity index is 1.57. The first-order chi connectivity index (χ1) is 11.7. The van der Waals surface area contributed by atoms with Crippen LogP contribution in [0.25, 0.3) is 0 Å². The third-order valence-electron chi connectivity index (χ3n) is 4.38. The standard InChI is InChI=1S/C19H21BrN2O2/c1-24-19(23)15-6-8-17(9-7-15)22-12-10-21(11-13-22)14-16-4-2-3-5-18(16)20/h2-9H,10-14H2,1H3. The molecule has 1 heterocycles. The Bertz CT molecular complexity index is 695. The van der Waals surface area contributed by atoms with Crippen molar-refractivity contribution in [3.8, 4) is 0 Å². The zero-order chi connectivity index (χ0) is 16.9. The van der Waals surface area contributed by atoms with Crippen LogP contribution in [0.15, 0.2) is 53.0 Å². The van der Waals surface area contributed by atoms with Crippen LogP contribution in [0.2, 0.25) is 0 Å². The maximum Gasteiger partial charge on any atom is 0.337 e. The van der Waals surface area contributed by atoms with Gasteiger partial charge < -0.3 is 9.64 Å². The van der Waals surface area contributed by atoms with Crippen molar-refractivity contribution >= 4 is 27.6 Å². The number of hydrogen-bond donors (Lipinski definition) is 0. The molecule has 0 bridgehead atoms.